The maximum absolute atomic E-state index is 14.2. The summed E-state index contributed by atoms with van der Waals surface area (Å²) >= 11 is 4.91. The van der Waals surface area contributed by atoms with Gasteiger partial charge in [-0.05, 0) is 37.1 Å². The first kappa shape index (κ1) is 20.9. The summed E-state index contributed by atoms with van der Waals surface area (Å²) in [6.07, 6.45) is 2.31. The Hall–Kier alpha value is -2.32. The number of hydrogen-bond donors (Lipinski definition) is 0. The summed E-state index contributed by atoms with van der Waals surface area (Å²) in [6, 6.07) is 11.3. The van der Waals surface area contributed by atoms with Gasteiger partial charge < -0.3 is 9.47 Å². The molecule has 0 spiro atoms. The Labute approximate surface area is 185 Å². The molecule has 8 heteroatoms. The predicted molar refractivity (Wildman–Crippen MR) is 117 cm³/mol. The van der Waals surface area contributed by atoms with Gasteiger partial charge in [0.05, 0.1) is 5.69 Å². The number of nitrogens with zero attached hydrogens (tertiary/aromatic N) is 3. The monoisotopic (exact) mass is 491 g/mol. The van der Waals surface area contributed by atoms with Gasteiger partial charge in [0, 0.05) is 47.5 Å². The molecule has 1 saturated heterocycles. The summed E-state index contributed by atoms with van der Waals surface area (Å²) < 4.78 is 30.4. The molecule has 2 aromatic carbocycles. The fourth-order valence-electron chi connectivity index (χ4n) is 3.55. The molecular formula is C22H20BrF2N3OS. The average molecular weight is 492 g/mol. The summed E-state index contributed by atoms with van der Waals surface area (Å²) in [5, 5.41) is 1.99. The number of likely N-dealkylation sites (tertiary alicyclic amines) is 1. The zero-order chi connectivity index (χ0) is 21.1. The third kappa shape index (κ3) is 4.70. The Morgan fingerprint density at radius 2 is 2.00 bits per heavy atom. The van der Waals surface area contributed by atoms with E-state index in [2.05, 4.69) is 20.9 Å². The molecule has 0 bridgehead atoms. The van der Waals surface area contributed by atoms with Crippen molar-refractivity contribution in [3.63, 3.8) is 0 Å². The van der Waals surface area contributed by atoms with E-state index in [1.807, 2.05) is 39.1 Å². The van der Waals surface area contributed by atoms with Crippen LogP contribution < -0.4 is 4.80 Å². The first-order valence-electron chi connectivity index (χ1n) is 9.73. The quantitative estimate of drug-likeness (QED) is 0.448. The number of rotatable bonds is 6. The van der Waals surface area contributed by atoms with E-state index in [0.29, 0.717) is 24.3 Å². The predicted octanol–water partition coefficient (Wildman–Crippen LogP) is 5.50. The summed E-state index contributed by atoms with van der Waals surface area (Å²) in [7, 11) is 0. The molecular weight excluding hydrogens is 472 g/mol. The molecule has 0 unspecified atom stereocenters. The van der Waals surface area contributed by atoms with Crippen molar-refractivity contribution >= 4 is 38.9 Å². The van der Waals surface area contributed by atoms with Gasteiger partial charge in [0.1, 0.15) is 11.5 Å². The third-order valence-corrected chi connectivity index (χ3v) is 6.38. The van der Waals surface area contributed by atoms with Gasteiger partial charge in [-0.15, -0.1) is 11.3 Å². The number of thiazole rings is 1. The minimum absolute atomic E-state index is 0.0995. The molecule has 0 saturated carbocycles. The van der Waals surface area contributed by atoms with Crippen molar-refractivity contribution in [1.29, 1.82) is 0 Å². The molecule has 30 heavy (non-hydrogen) atoms. The van der Waals surface area contributed by atoms with E-state index >= 15 is 0 Å². The minimum Gasteiger partial charge on any atom is -0.343 e. The molecule has 0 aliphatic carbocycles. The molecule has 1 amide bonds. The van der Waals surface area contributed by atoms with Gasteiger partial charge in [-0.1, -0.05) is 28.1 Å². The fraction of sp³-hybridized carbons (Fsp3) is 0.273. The van der Waals surface area contributed by atoms with Gasteiger partial charge in [0.2, 0.25) is 5.91 Å². The number of hydrogen-bond acceptors (Lipinski definition) is 3. The van der Waals surface area contributed by atoms with Gasteiger partial charge in [-0.25, -0.2) is 13.8 Å². The van der Waals surface area contributed by atoms with Crippen LogP contribution >= 0.6 is 27.3 Å². The maximum atomic E-state index is 14.2. The first-order chi connectivity index (χ1) is 14.5. The molecule has 4 nitrogen and oxygen atoms in total. The Bertz CT molecular complexity index is 1140. The zero-order valence-electron chi connectivity index (χ0n) is 16.2. The van der Waals surface area contributed by atoms with Gasteiger partial charge in [-0.3, -0.25) is 4.79 Å². The summed E-state index contributed by atoms with van der Waals surface area (Å²) in [5.74, 6) is -1.12. The molecule has 3 aromatic rings. The fourth-order valence-corrected chi connectivity index (χ4v) is 4.90. The number of amides is 1. The van der Waals surface area contributed by atoms with Crippen molar-refractivity contribution < 1.29 is 13.6 Å². The number of carbonyl (C=O) groups is 1. The Morgan fingerprint density at radius 3 is 2.73 bits per heavy atom. The van der Waals surface area contributed by atoms with E-state index in [1.54, 1.807) is 0 Å². The van der Waals surface area contributed by atoms with Crippen molar-refractivity contribution in [1.82, 2.24) is 9.47 Å². The van der Waals surface area contributed by atoms with E-state index in [1.165, 1.54) is 23.5 Å². The van der Waals surface area contributed by atoms with Crippen LogP contribution in [0.5, 0.6) is 0 Å². The summed E-state index contributed by atoms with van der Waals surface area (Å²) in [5.41, 5.74) is 2.08. The van der Waals surface area contributed by atoms with Gasteiger partial charge in [-0.2, -0.15) is 0 Å². The van der Waals surface area contributed by atoms with Crippen LogP contribution in [0.1, 0.15) is 19.3 Å². The van der Waals surface area contributed by atoms with Crippen LogP contribution in [0.2, 0.25) is 0 Å². The molecule has 1 aliphatic rings. The normalized spacial score (nSPS) is 14.7. The molecule has 1 aliphatic heterocycles. The van der Waals surface area contributed by atoms with Crippen LogP contribution in [-0.2, 0) is 11.3 Å². The molecule has 2 heterocycles. The Balaban J connectivity index is 1.68. The standard InChI is InChI=1S/C22H20BrF2N3OS/c23-16-5-1-4-15(12-16)20-14-30-22(26-19-8-7-17(24)13-18(19)25)28(20)11-3-10-27-9-2-6-21(27)29/h1,4-5,7-8,12-14H,2-3,6,9-11H2. The number of benzene rings is 2. The topological polar surface area (TPSA) is 37.6 Å². The van der Waals surface area contributed by atoms with Gasteiger partial charge in [0.25, 0.3) is 0 Å². The van der Waals surface area contributed by atoms with Crippen LogP contribution in [0, 0.1) is 11.6 Å². The highest BCUT2D eigenvalue weighted by Gasteiger charge is 2.19. The number of halogens is 3. The second-order valence-corrected chi connectivity index (χ2v) is 8.86. The number of carbonyl (C=O) groups excluding carboxylic acids is 1. The van der Waals surface area contributed by atoms with Crippen molar-refractivity contribution in [2.75, 3.05) is 13.1 Å². The van der Waals surface area contributed by atoms with E-state index < -0.39 is 11.6 Å². The van der Waals surface area contributed by atoms with Crippen molar-refractivity contribution in [3.8, 4) is 11.3 Å². The smallest absolute Gasteiger partial charge is 0.222 e. The Kier molecular flexibility index (Phi) is 6.43. The van der Waals surface area contributed by atoms with Crippen molar-refractivity contribution in [2.45, 2.75) is 25.8 Å². The first-order valence-corrected chi connectivity index (χ1v) is 11.4. The molecule has 1 aromatic heterocycles. The van der Waals surface area contributed by atoms with Gasteiger partial charge >= 0.3 is 0 Å². The minimum atomic E-state index is -0.693. The third-order valence-electron chi connectivity index (χ3n) is 5.03. The lowest BCUT2D eigenvalue weighted by Gasteiger charge is -2.16. The van der Waals surface area contributed by atoms with E-state index in [-0.39, 0.29) is 11.6 Å². The van der Waals surface area contributed by atoms with Gasteiger partial charge in [0.15, 0.2) is 10.6 Å². The number of aromatic nitrogens is 1. The highest BCUT2D eigenvalue weighted by Crippen LogP contribution is 2.25. The van der Waals surface area contributed by atoms with Crippen molar-refractivity contribution in [2.24, 2.45) is 4.99 Å². The SMILES string of the molecule is O=C1CCCN1CCCn1c(-c2cccc(Br)c2)csc1=Nc1ccc(F)cc1F. The lowest BCUT2D eigenvalue weighted by Crippen LogP contribution is -2.27. The second-order valence-electron chi connectivity index (χ2n) is 7.11. The van der Waals surface area contributed by atoms with Crippen LogP contribution in [0.4, 0.5) is 14.5 Å². The molecule has 4 rings (SSSR count). The zero-order valence-corrected chi connectivity index (χ0v) is 18.6. The second kappa shape index (κ2) is 9.22. The van der Waals surface area contributed by atoms with Crippen LogP contribution in [0.25, 0.3) is 11.3 Å². The molecule has 0 atom stereocenters. The largest absolute Gasteiger partial charge is 0.343 e. The van der Waals surface area contributed by atoms with Crippen molar-refractivity contribution in [3.05, 3.63) is 68.8 Å². The van der Waals surface area contributed by atoms with E-state index in [0.717, 1.165) is 41.2 Å². The lowest BCUT2D eigenvalue weighted by atomic mass is 10.2. The lowest BCUT2D eigenvalue weighted by molar-refractivity contribution is -0.127. The Morgan fingerprint density at radius 1 is 1.13 bits per heavy atom. The summed E-state index contributed by atoms with van der Waals surface area (Å²) in [4.78, 5) is 18.9. The summed E-state index contributed by atoms with van der Waals surface area (Å²) in [6.45, 7) is 2.13. The van der Waals surface area contributed by atoms with Crippen LogP contribution in [0.3, 0.4) is 0 Å². The van der Waals surface area contributed by atoms with Crippen LogP contribution in [-0.4, -0.2) is 28.5 Å². The van der Waals surface area contributed by atoms with E-state index in [9.17, 15) is 13.6 Å². The highest BCUT2D eigenvalue weighted by molar-refractivity contribution is 9.10. The highest BCUT2D eigenvalue weighted by atomic mass is 79.9. The molecule has 156 valence electrons. The van der Waals surface area contributed by atoms with Crippen LogP contribution in [0.15, 0.2) is 57.3 Å². The molecule has 0 radical (unpaired) electrons. The van der Waals surface area contributed by atoms with E-state index in [4.69, 9.17) is 0 Å². The molecule has 0 N–H and O–H groups in total. The molecule has 1 fully saturated rings. The maximum Gasteiger partial charge on any atom is 0.222 e. The average Bonchev–Trinajstić information content (AvgIpc) is 3.30.